The van der Waals surface area contributed by atoms with Crippen LogP contribution in [0.2, 0.25) is 0 Å². The summed E-state index contributed by atoms with van der Waals surface area (Å²) in [4.78, 5) is 36.6. The van der Waals surface area contributed by atoms with Gasteiger partial charge in [-0.15, -0.1) is 0 Å². The highest BCUT2D eigenvalue weighted by molar-refractivity contribution is 5.88. The number of ether oxygens (including phenoxy) is 1. The van der Waals surface area contributed by atoms with E-state index in [4.69, 9.17) is 9.84 Å². The summed E-state index contributed by atoms with van der Waals surface area (Å²) < 4.78 is 5.58. The predicted octanol–water partition coefficient (Wildman–Crippen LogP) is 2.78. The molecular formula is C27H36N2O6. The molecule has 0 spiro atoms. The van der Waals surface area contributed by atoms with Gasteiger partial charge < -0.3 is 25.6 Å². The Morgan fingerprint density at radius 3 is 2.26 bits per heavy atom. The first kappa shape index (κ1) is 27.9. The van der Waals surface area contributed by atoms with Crippen molar-refractivity contribution in [3.05, 3.63) is 65.2 Å². The van der Waals surface area contributed by atoms with E-state index in [9.17, 15) is 19.5 Å². The van der Waals surface area contributed by atoms with Gasteiger partial charge in [0.15, 0.2) is 6.61 Å². The molecule has 35 heavy (non-hydrogen) atoms. The second-order valence-electron chi connectivity index (χ2n) is 9.13. The predicted molar refractivity (Wildman–Crippen MR) is 133 cm³/mol. The van der Waals surface area contributed by atoms with Gasteiger partial charge in [-0.25, -0.2) is 0 Å². The molecule has 0 fully saturated rings. The molecule has 0 radical (unpaired) electrons. The van der Waals surface area contributed by atoms with Gasteiger partial charge in [0.25, 0.3) is 5.91 Å². The molecule has 4 N–H and O–H groups in total. The number of aryl methyl sites for hydroxylation is 2. The monoisotopic (exact) mass is 484 g/mol. The Morgan fingerprint density at radius 1 is 0.971 bits per heavy atom. The molecule has 8 nitrogen and oxygen atoms in total. The van der Waals surface area contributed by atoms with Gasteiger partial charge in [-0.2, -0.15) is 0 Å². The lowest BCUT2D eigenvalue weighted by molar-refractivity contribution is -0.137. The van der Waals surface area contributed by atoms with E-state index in [2.05, 4.69) is 10.6 Å². The molecule has 0 aliphatic heterocycles. The average molecular weight is 485 g/mol. The first-order valence-electron chi connectivity index (χ1n) is 11.8. The highest BCUT2D eigenvalue weighted by Gasteiger charge is 2.29. The van der Waals surface area contributed by atoms with E-state index in [1.807, 2.05) is 70.2 Å². The number of hydrogen-bond donors (Lipinski definition) is 4. The van der Waals surface area contributed by atoms with E-state index in [0.717, 1.165) is 16.7 Å². The van der Waals surface area contributed by atoms with Crippen LogP contribution < -0.4 is 15.4 Å². The van der Waals surface area contributed by atoms with Gasteiger partial charge in [-0.1, -0.05) is 50.2 Å². The molecule has 0 saturated heterocycles. The number of rotatable bonds is 13. The van der Waals surface area contributed by atoms with E-state index in [1.54, 1.807) is 6.07 Å². The Hall–Kier alpha value is -3.39. The van der Waals surface area contributed by atoms with Crippen LogP contribution in [0.1, 0.15) is 43.4 Å². The number of carboxylic acids is 1. The molecule has 0 heterocycles. The maximum atomic E-state index is 13.1. The SMILES string of the molecule is Cc1ccc(OCC(=O)N[C@H](C(=O)N[C@@H](Cc2ccccc2)[C@@H](O)CCC(=O)O)C(C)C)cc1C. The molecular weight excluding hydrogens is 448 g/mol. The summed E-state index contributed by atoms with van der Waals surface area (Å²) in [5.74, 6) is -1.57. The molecule has 2 aromatic rings. The molecule has 2 rings (SSSR count). The molecule has 0 aromatic heterocycles. The summed E-state index contributed by atoms with van der Waals surface area (Å²) in [6, 6.07) is 13.3. The molecule has 190 valence electrons. The van der Waals surface area contributed by atoms with E-state index in [0.29, 0.717) is 12.2 Å². The van der Waals surface area contributed by atoms with Gasteiger partial charge in [-0.05, 0) is 61.4 Å². The summed E-state index contributed by atoms with van der Waals surface area (Å²) in [7, 11) is 0. The third-order valence-corrected chi connectivity index (χ3v) is 5.86. The lowest BCUT2D eigenvalue weighted by Gasteiger charge is -2.28. The van der Waals surface area contributed by atoms with Crippen molar-refractivity contribution in [2.75, 3.05) is 6.61 Å². The second-order valence-corrected chi connectivity index (χ2v) is 9.13. The van der Waals surface area contributed by atoms with Crippen LogP contribution in [-0.2, 0) is 20.8 Å². The minimum absolute atomic E-state index is 0.00434. The van der Waals surface area contributed by atoms with Crippen molar-refractivity contribution in [1.82, 2.24) is 10.6 Å². The minimum atomic E-state index is -1.06. The zero-order valence-corrected chi connectivity index (χ0v) is 20.8. The molecule has 2 amide bonds. The van der Waals surface area contributed by atoms with Crippen LogP contribution in [0, 0.1) is 19.8 Å². The Balaban J connectivity index is 2.04. The average Bonchev–Trinajstić information content (AvgIpc) is 2.81. The number of amides is 2. The standard InChI is InChI=1S/C27H36N2O6/c1-17(2)26(29-24(31)16-35-21-11-10-18(3)19(4)14-21)27(34)28-22(23(30)12-13-25(32)33)15-20-8-6-5-7-9-20/h5-11,14,17,22-23,26,30H,12-13,15-16H2,1-4H3,(H,28,34)(H,29,31)(H,32,33)/t22-,23-,26-/m0/s1. The molecule has 0 unspecified atom stereocenters. The van der Waals surface area contributed by atoms with E-state index in [-0.39, 0.29) is 25.4 Å². The lowest BCUT2D eigenvalue weighted by atomic mass is 9.96. The number of carbonyl (C=O) groups excluding carboxylic acids is 2. The fourth-order valence-electron chi connectivity index (χ4n) is 3.60. The summed E-state index contributed by atoms with van der Waals surface area (Å²) >= 11 is 0. The molecule has 0 bridgehead atoms. The number of aliphatic hydroxyl groups excluding tert-OH is 1. The number of carboxylic acid groups (broad SMARTS) is 1. The number of benzene rings is 2. The van der Waals surface area contributed by atoms with Gasteiger partial charge in [0, 0.05) is 6.42 Å². The highest BCUT2D eigenvalue weighted by Crippen LogP contribution is 2.16. The highest BCUT2D eigenvalue weighted by atomic mass is 16.5. The van der Waals surface area contributed by atoms with Crippen LogP contribution in [0.25, 0.3) is 0 Å². The molecule has 8 heteroatoms. The van der Waals surface area contributed by atoms with Crippen molar-refractivity contribution in [2.24, 2.45) is 5.92 Å². The van der Waals surface area contributed by atoms with Crippen molar-refractivity contribution in [1.29, 1.82) is 0 Å². The van der Waals surface area contributed by atoms with Gasteiger partial charge in [-0.3, -0.25) is 14.4 Å². The number of hydrogen-bond acceptors (Lipinski definition) is 5. The Bertz CT molecular complexity index is 992. The Morgan fingerprint density at radius 2 is 1.66 bits per heavy atom. The van der Waals surface area contributed by atoms with Crippen LogP contribution in [-0.4, -0.2) is 52.8 Å². The van der Waals surface area contributed by atoms with Crippen LogP contribution in [0.15, 0.2) is 48.5 Å². The summed E-state index contributed by atoms with van der Waals surface area (Å²) in [5.41, 5.74) is 3.06. The maximum absolute atomic E-state index is 13.1. The molecule has 3 atom stereocenters. The van der Waals surface area contributed by atoms with Gasteiger partial charge >= 0.3 is 5.97 Å². The first-order chi connectivity index (χ1) is 16.6. The fraction of sp³-hybridized carbons (Fsp3) is 0.444. The maximum Gasteiger partial charge on any atom is 0.303 e. The second kappa shape index (κ2) is 13.5. The minimum Gasteiger partial charge on any atom is -0.484 e. The smallest absolute Gasteiger partial charge is 0.303 e. The fourth-order valence-corrected chi connectivity index (χ4v) is 3.60. The zero-order chi connectivity index (χ0) is 26.0. The first-order valence-corrected chi connectivity index (χ1v) is 11.8. The largest absolute Gasteiger partial charge is 0.484 e. The van der Waals surface area contributed by atoms with Gasteiger partial charge in [0.05, 0.1) is 12.1 Å². The molecule has 0 aliphatic carbocycles. The topological polar surface area (TPSA) is 125 Å². The van der Waals surface area contributed by atoms with Crippen molar-refractivity contribution in [2.45, 2.75) is 65.1 Å². The van der Waals surface area contributed by atoms with Crippen molar-refractivity contribution in [3.8, 4) is 5.75 Å². The van der Waals surface area contributed by atoms with Crippen LogP contribution in [0.5, 0.6) is 5.75 Å². The van der Waals surface area contributed by atoms with Gasteiger partial charge in [0.1, 0.15) is 11.8 Å². The number of nitrogens with one attached hydrogen (secondary N) is 2. The zero-order valence-electron chi connectivity index (χ0n) is 20.8. The van der Waals surface area contributed by atoms with Crippen molar-refractivity contribution >= 4 is 17.8 Å². The Labute approximate surface area is 206 Å². The lowest BCUT2D eigenvalue weighted by Crippen LogP contribution is -2.55. The quantitative estimate of drug-likeness (QED) is 0.347. The number of carbonyl (C=O) groups is 3. The number of aliphatic hydroxyl groups is 1. The number of aliphatic carboxylic acids is 1. The van der Waals surface area contributed by atoms with Crippen molar-refractivity contribution < 1.29 is 29.3 Å². The van der Waals surface area contributed by atoms with E-state index < -0.39 is 36.0 Å². The van der Waals surface area contributed by atoms with Crippen LogP contribution >= 0.6 is 0 Å². The third-order valence-electron chi connectivity index (χ3n) is 5.86. The van der Waals surface area contributed by atoms with Crippen LogP contribution in [0.3, 0.4) is 0 Å². The third kappa shape index (κ3) is 9.41. The summed E-state index contributed by atoms with van der Waals surface area (Å²) in [6.45, 7) is 7.32. The molecule has 0 aliphatic rings. The molecule has 2 aromatic carbocycles. The normalized spacial score (nSPS) is 13.5. The summed E-state index contributed by atoms with van der Waals surface area (Å²) in [6.07, 6.45) is -0.966. The van der Waals surface area contributed by atoms with Crippen molar-refractivity contribution in [3.63, 3.8) is 0 Å². The van der Waals surface area contributed by atoms with Crippen LogP contribution in [0.4, 0.5) is 0 Å². The molecule has 0 saturated carbocycles. The van der Waals surface area contributed by atoms with E-state index >= 15 is 0 Å². The Kier molecular flexibility index (Phi) is 10.7. The van der Waals surface area contributed by atoms with Gasteiger partial charge in [0.2, 0.25) is 5.91 Å². The van der Waals surface area contributed by atoms with E-state index in [1.165, 1.54) is 0 Å². The summed E-state index contributed by atoms with van der Waals surface area (Å²) in [5, 5.41) is 25.2.